The first-order valence-electron chi connectivity index (χ1n) is 15.3. The summed E-state index contributed by atoms with van der Waals surface area (Å²) in [5.74, 6) is 3.98. The average Bonchev–Trinajstić information content (AvgIpc) is 3.26. The van der Waals surface area contributed by atoms with Crippen LogP contribution in [0.4, 0.5) is 0 Å². The zero-order valence-electron chi connectivity index (χ0n) is 25.3. The Morgan fingerprint density at radius 3 is 2.52 bits per heavy atom. The molecule has 0 N–H and O–H groups in total. The Morgan fingerprint density at radius 2 is 1.80 bits per heavy atom. The molecule has 0 aromatic heterocycles. The molecule has 5 heteroatoms. The molecule has 1 aromatic carbocycles. The molecule has 0 bridgehead atoms. The van der Waals surface area contributed by atoms with Crippen molar-refractivity contribution >= 4 is 58.3 Å². The van der Waals surface area contributed by atoms with Crippen molar-refractivity contribution in [3.63, 3.8) is 0 Å². The van der Waals surface area contributed by atoms with Gasteiger partial charge in [-0.2, -0.15) is 11.8 Å². The van der Waals surface area contributed by atoms with Crippen molar-refractivity contribution in [1.29, 1.82) is 0 Å². The van der Waals surface area contributed by atoms with Gasteiger partial charge in [-0.25, -0.2) is 0 Å². The normalized spacial score (nSPS) is 20.1. The molecule has 2 unspecified atom stereocenters. The van der Waals surface area contributed by atoms with Crippen molar-refractivity contribution < 1.29 is 0 Å². The van der Waals surface area contributed by atoms with Gasteiger partial charge in [-0.3, -0.25) is 0 Å². The molecule has 1 aliphatic carbocycles. The van der Waals surface area contributed by atoms with Gasteiger partial charge in [0.15, 0.2) is 0 Å². The van der Waals surface area contributed by atoms with Gasteiger partial charge in [-0.15, -0.1) is 11.8 Å². The van der Waals surface area contributed by atoms with Crippen LogP contribution in [0.15, 0.2) is 65.1 Å². The van der Waals surface area contributed by atoms with Gasteiger partial charge in [0.2, 0.25) is 0 Å². The minimum absolute atomic E-state index is 0.104. The summed E-state index contributed by atoms with van der Waals surface area (Å²) in [6, 6.07) is 11.0. The van der Waals surface area contributed by atoms with E-state index in [2.05, 4.69) is 99.1 Å². The first-order chi connectivity index (χ1) is 19.3. The topological polar surface area (TPSA) is 3.24 Å². The fourth-order valence-corrected chi connectivity index (χ4v) is 9.02. The van der Waals surface area contributed by atoms with Crippen molar-refractivity contribution in [2.24, 2.45) is 11.3 Å². The number of hydrogen-bond acceptors (Lipinski definition) is 4. The van der Waals surface area contributed by atoms with E-state index < -0.39 is 0 Å². The number of thioether (sulfide) groups is 2. The van der Waals surface area contributed by atoms with Gasteiger partial charge in [-0.05, 0) is 110 Å². The lowest BCUT2D eigenvalue weighted by Crippen LogP contribution is -2.46. The minimum atomic E-state index is -0.104. The predicted octanol–water partition coefficient (Wildman–Crippen LogP) is 11.0. The van der Waals surface area contributed by atoms with E-state index in [0.29, 0.717) is 11.3 Å². The van der Waals surface area contributed by atoms with Crippen LogP contribution in [-0.4, -0.2) is 39.6 Å². The monoisotopic (exact) mass is 613 g/mol. The van der Waals surface area contributed by atoms with E-state index in [-0.39, 0.29) is 5.54 Å². The third-order valence-corrected chi connectivity index (χ3v) is 11.7. The Kier molecular flexibility index (Phi) is 14.5. The molecule has 1 nitrogen and oxygen atoms in total. The minimum Gasteiger partial charge on any atom is -0.359 e. The van der Waals surface area contributed by atoms with Crippen molar-refractivity contribution in [2.45, 2.75) is 96.9 Å². The maximum absolute atomic E-state index is 6.13. The number of hydrogen-bond donors (Lipinski definition) is 0. The quantitative estimate of drug-likeness (QED) is 0.103. The van der Waals surface area contributed by atoms with E-state index in [9.17, 15) is 0 Å². The lowest BCUT2D eigenvalue weighted by atomic mass is 9.80. The number of unbranched alkanes of at least 4 members (excludes halogenated alkanes) is 2. The molecule has 1 heterocycles. The van der Waals surface area contributed by atoms with Gasteiger partial charge >= 0.3 is 0 Å². The summed E-state index contributed by atoms with van der Waals surface area (Å²) >= 11 is 15.3. The summed E-state index contributed by atoms with van der Waals surface area (Å²) in [7, 11) is 2.21. The van der Waals surface area contributed by atoms with Gasteiger partial charge in [-0.1, -0.05) is 98.8 Å². The maximum Gasteiger partial charge on any atom is 0.0865 e. The third-order valence-electron chi connectivity index (χ3n) is 8.65. The lowest BCUT2D eigenvalue weighted by Gasteiger charge is -2.43. The molecular formula is C35H51NS4. The molecule has 1 aromatic rings. The highest BCUT2D eigenvalue weighted by Crippen LogP contribution is 2.41. The van der Waals surface area contributed by atoms with E-state index >= 15 is 0 Å². The van der Waals surface area contributed by atoms with E-state index in [4.69, 9.17) is 24.4 Å². The van der Waals surface area contributed by atoms with Crippen LogP contribution in [-0.2, 0) is 5.54 Å². The predicted molar refractivity (Wildman–Crippen MR) is 191 cm³/mol. The molecule has 220 valence electrons. The number of thiocarbonyl (C=S) groups is 2. The van der Waals surface area contributed by atoms with E-state index in [1.54, 1.807) is 10.9 Å². The Hall–Kier alpha value is -0.880. The highest BCUT2D eigenvalue weighted by Gasteiger charge is 2.37. The molecule has 0 radical (unpaired) electrons. The van der Waals surface area contributed by atoms with Crippen LogP contribution >= 0.6 is 48.0 Å². The van der Waals surface area contributed by atoms with E-state index in [1.807, 2.05) is 11.8 Å². The Labute approximate surface area is 265 Å². The highest BCUT2D eigenvalue weighted by molar-refractivity contribution is 8.03. The fraction of sp³-hybridized carbons (Fsp3) is 0.600. The van der Waals surface area contributed by atoms with Crippen LogP contribution in [0.25, 0.3) is 0 Å². The summed E-state index contributed by atoms with van der Waals surface area (Å²) < 4.78 is 0. The van der Waals surface area contributed by atoms with E-state index in [0.717, 1.165) is 23.6 Å². The fourth-order valence-electron chi connectivity index (χ4n) is 6.06. The molecule has 1 aliphatic heterocycles. The smallest absolute Gasteiger partial charge is 0.0865 e. The second-order valence-electron chi connectivity index (χ2n) is 12.4. The van der Waals surface area contributed by atoms with Crippen molar-refractivity contribution in [3.8, 4) is 0 Å². The number of benzene rings is 1. The summed E-state index contributed by atoms with van der Waals surface area (Å²) in [6.45, 7) is 7.31. The van der Waals surface area contributed by atoms with Crippen molar-refractivity contribution in [3.05, 3.63) is 70.7 Å². The molecule has 0 amide bonds. The number of rotatable bonds is 16. The zero-order chi connectivity index (χ0) is 28.8. The Bertz CT molecular complexity index is 1030. The molecule has 0 saturated carbocycles. The molecule has 2 atom stereocenters. The van der Waals surface area contributed by atoms with Crippen LogP contribution in [0.2, 0.25) is 0 Å². The summed E-state index contributed by atoms with van der Waals surface area (Å²) in [5.41, 5.74) is 3.32. The molecule has 2 aliphatic rings. The van der Waals surface area contributed by atoms with Crippen LogP contribution in [0.1, 0.15) is 97.0 Å². The number of allylic oxidation sites excluding steroid dienone is 5. The average molecular weight is 614 g/mol. The van der Waals surface area contributed by atoms with Gasteiger partial charge in [0.05, 0.1) is 10.5 Å². The Balaban J connectivity index is 1.42. The van der Waals surface area contributed by atoms with Crippen LogP contribution in [0.5, 0.6) is 0 Å². The van der Waals surface area contributed by atoms with Crippen molar-refractivity contribution in [1.82, 2.24) is 4.90 Å². The van der Waals surface area contributed by atoms with Crippen LogP contribution in [0.3, 0.4) is 0 Å². The molecule has 1 fully saturated rings. The summed E-state index contributed by atoms with van der Waals surface area (Å²) in [6.07, 6.45) is 22.8. The summed E-state index contributed by atoms with van der Waals surface area (Å²) in [5, 5.41) is 1.74. The van der Waals surface area contributed by atoms with Crippen molar-refractivity contribution in [2.75, 3.05) is 24.3 Å². The van der Waals surface area contributed by atoms with Crippen LogP contribution in [0, 0.1) is 11.3 Å². The number of nitrogens with zero attached hydrogens (tertiary/aromatic N) is 1. The third kappa shape index (κ3) is 10.4. The highest BCUT2D eigenvalue weighted by atomic mass is 32.2. The molecule has 3 rings (SSSR count). The second-order valence-corrected chi connectivity index (χ2v) is 15.5. The largest absolute Gasteiger partial charge is 0.359 e. The van der Waals surface area contributed by atoms with Crippen LogP contribution < -0.4 is 0 Å². The first kappa shape index (κ1) is 33.6. The maximum atomic E-state index is 6.13. The van der Waals surface area contributed by atoms with Gasteiger partial charge < -0.3 is 4.90 Å². The van der Waals surface area contributed by atoms with E-state index in [1.165, 1.54) is 79.8 Å². The standard InChI is InChI=1S/C35H51NS4/c1-34(2,28-29-16-8-5-6-9-17-29)22-12-14-25-39-26-15-13-23-35(3,30-18-10-7-11-19-30)36(4)33(38)31-21-27-40-32(31)20-24-37/h5,7-8,10-11,16,18-20,24,31H,6,9,12-15,17,21-23,25-28H2,1-4H3/b32-20+. The second kappa shape index (κ2) is 17.3. The summed E-state index contributed by atoms with van der Waals surface area (Å²) in [4.78, 5) is 4.80. The van der Waals surface area contributed by atoms with Gasteiger partial charge in [0.25, 0.3) is 0 Å². The Morgan fingerprint density at radius 1 is 1.07 bits per heavy atom. The first-order valence-corrected chi connectivity index (χ1v) is 18.3. The van der Waals surface area contributed by atoms with Gasteiger partial charge in [0, 0.05) is 18.3 Å². The SMILES string of the molecule is CN(C(=S)C1CCS/C1=C/C=S)C(C)(CCCCSCCCCC(C)(C)CC1=CC=CCCC1)c1ccccc1. The molecule has 0 spiro atoms. The lowest BCUT2D eigenvalue weighted by molar-refractivity contribution is 0.206. The molecular weight excluding hydrogens is 563 g/mol. The molecule has 40 heavy (non-hydrogen) atoms. The van der Waals surface area contributed by atoms with Gasteiger partial charge in [0.1, 0.15) is 0 Å². The molecule has 1 saturated heterocycles. The zero-order valence-corrected chi connectivity index (χ0v) is 28.6.